The average Bonchev–Trinajstić information content (AvgIpc) is 3.08. The Morgan fingerprint density at radius 1 is 1.21 bits per heavy atom. The third-order valence-corrected chi connectivity index (χ3v) is 5.09. The second-order valence-electron chi connectivity index (χ2n) is 6.13. The van der Waals surface area contributed by atoms with E-state index in [1.54, 1.807) is 30.8 Å². The van der Waals surface area contributed by atoms with E-state index < -0.39 is 4.92 Å². The first-order valence-corrected chi connectivity index (χ1v) is 9.59. The molecule has 2 aromatic carbocycles. The lowest BCUT2D eigenvalue weighted by atomic mass is 10.2. The van der Waals surface area contributed by atoms with Gasteiger partial charge < -0.3 is 5.32 Å². The molecule has 0 atom stereocenters. The number of aromatic nitrogens is 3. The number of thioether (sulfide) groups is 1. The molecule has 0 saturated carbocycles. The molecule has 3 rings (SSSR count). The first kappa shape index (κ1) is 19.6. The van der Waals surface area contributed by atoms with Crippen molar-refractivity contribution < 1.29 is 9.72 Å². The molecule has 0 bridgehead atoms. The molecular weight excluding hydrogens is 378 g/mol. The van der Waals surface area contributed by atoms with Gasteiger partial charge in [-0.25, -0.2) is 4.68 Å². The van der Waals surface area contributed by atoms with Crippen LogP contribution in [0.1, 0.15) is 21.7 Å². The van der Waals surface area contributed by atoms with Crippen LogP contribution >= 0.6 is 11.8 Å². The molecule has 1 heterocycles. The second kappa shape index (κ2) is 8.66. The number of rotatable bonds is 7. The van der Waals surface area contributed by atoms with Crippen LogP contribution in [-0.2, 0) is 0 Å². The van der Waals surface area contributed by atoms with E-state index in [9.17, 15) is 14.9 Å². The minimum absolute atomic E-state index is 0.0495. The third-order valence-electron chi connectivity index (χ3n) is 4.07. The Bertz CT molecular complexity index is 1000. The van der Waals surface area contributed by atoms with Crippen molar-refractivity contribution in [2.75, 3.05) is 12.3 Å². The number of carbonyl (C=O) groups is 1. The van der Waals surface area contributed by atoms with E-state index in [0.29, 0.717) is 17.9 Å². The summed E-state index contributed by atoms with van der Waals surface area (Å²) >= 11 is 1.66. The summed E-state index contributed by atoms with van der Waals surface area (Å²) in [5.41, 5.74) is 2.36. The Morgan fingerprint density at radius 3 is 2.68 bits per heavy atom. The number of aryl methyl sites for hydroxylation is 1. The molecule has 0 saturated heterocycles. The zero-order valence-electron chi connectivity index (χ0n) is 15.5. The zero-order chi connectivity index (χ0) is 20.1. The van der Waals surface area contributed by atoms with Crippen molar-refractivity contribution in [1.82, 2.24) is 20.3 Å². The van der Waals surface area contributed by atoms with Gasteiger partial charge in [0.2, 0.25) is 0 Å². The SMILES string of the molecule is Cc1ccc(SCCNC(=O)c2nnn(-c3cccc([N+](=O)[O-])c3)c2C)cc1. The van der Waals surface area contributed by atoms with Gasteiger partial charge in [0.05, 0.1) is 16.3 Å². The van der Waals surface area contributed by atoms with Crippen LogP contribution in [0.5, 0.6) is 0 Å². The predicted molar refractivity (Wildman–Crippen MR) is 107 cm³/mol. The number of nitro groups is 1. The molecule has 8 nitrogen and oxygen atoms in total. The van der Waals surface area contributed by atoms with Crippen molar-refractivity contribution in [3.63, 3.8) is 0 Å². The van der Waals surface area contributed by atoms with Crippen molar-refractivity contribution >= 4 is 23.4 Å². The van der Waals surface area contributed by atoms with Gasteiger partial charge in [-0.2, -0.15) is 0 Å². The van der Waals surface area contributed by atoms with Crippen molar-refractivity contribution in [3.05, 3.63) is 75.6 Å². The quantitative estimate of drug-likeness (QED) is 0.284. The Balaban J connectivity index is 1.61. The molecule has 0 aliphatic heterocycles. The van der Waals surface area contributed by atoms with Gasteiger partial charge in [0, 0.05) is 29.3 Å². The highest BCUT2D eigenvalue weighted by Crippen LogP contribution is 2.19. The van der Waals surface area contributed by atoms with Crippen LogP contribution in [0.2, 0.25) is 0 Å². The fourth-order valence-corrected chi connectivity index (χ4v) is 3.34. The summed E-state index contributed by atoms with van der Waals surface area (Å²) in [5, 5.41) is 21.7. The molecule has 0 radical (unpaired) electrons. The lowest BCUT2D eigenvalue weighted by Crippen LogP contribution is -2.26. The molecule has 0 unspecified atom stereocenters. The second-order valence-corrected chi connectivity index (χ2v) is 7.30. The number of benzene rings is 2. The highest BCUT2D eigenvalue weighted by molar-refractivity contribution is 7.99. The summed E-state index contributed by atoms with van der Waals surface area (Å²) in [6.45, 7) is 4.23. The van der Waals surface area contributed by atoms with Gasteiger partial charge in [0.25, 0.3) is 11.6 Å². The van der Waals surface area contributed by atoms with Crippen molar-refractivity contribution in [3.8, 4) is 5.69 Å². The summed E-state index contributed by atoms with van der Waals surface area (Å²) in [5.74, 6) is 0.408. The summed E-state index contributed by atoms with van der Waals surface area (Å²) in [4.78, 5) is 24.0. The van der Waals surface area contributed by atoms with E-state index in [1.165, 1.54) is 22.4 Å². The van der Waals surface area contributed by atoms with Crippen LogP contribution in [0.3, 0.4) is 0 Å². The molecular formula is C19H19N5O3S. The Hall–Kier alpha value is -3.20. The van der Waals surface area contributed by atoms with Crippen LogP contribution in [0.15, 0.2) is 53.4 Å². The maximum absolute atomic E-state index is 12.4. The lowest BCUT2D eigenvalue weighted by molar-refractivity contribution is -0.384. The number of nitrogens with zero attached hydrogens (tertiary/aromatic N) is 4. The minimum atomic E-state index is -0.477. The zero-order valence-corrected chi connectivity index (χ0v) is 16.3. The third kappa shape index (κ3) is 4.55. The summed E-state index contributed by atoms with van der Waals surface area (Å²) in [7, 11) is 0. The average molecular weight is 397 g/mol. The number of nitro benzene ring substituents is 1. The highest BCUT2D eigenvalue weighted by atomic mass is 32.2. The summed E-state index contributed by atoms with van der Waals surface area (Å²) in [6, 6.07) is 14.2. The van der Waals surface area contributed by atoms with E-state index in [-0.39, 0.29) is 17.3 Å². The molecule has 3 aromatic rings. The van der Waals surface area contributed by atoms with Gasteiger partial charge in [-0.15, -0.1) is 16.9 Å². The summed E-state index contributed by atoms with van der Waals surface area (Å²) < 4.78 is 1.42. The van der Waals surface area contributed by atoms with E-state index in [0.717, 1.165) is 10.6 Å². The topological polar surface area (TPSA) is 103 Å². The van der Waals surface area contributed by atoms with Gasteiger partial charge in [-0.1, -0.05) is 29.0 Å². The van der Waals surface area contributed by atoms with E-state index in [1.807, 2.05) is 6.92 Å². The van der Waals surface area contributed by atoms with E-state index in [2.05, 4.69) is 39.9 Å². The van der Waals surface area contributed by atoms with Gasteiger partial charge in [-0.3, -0.25) is 14.9 Å². The van der Waals surface area contributed by atoms with E-state index >= 15 is 0 Å². The first-order valence-electron chi connectivity index (χ1n) is 8.60. The maximum Gasteiger partial charge on any atom is 0.273 e. The smallest absolute Gasteiger partial charge is 0.273 e. The Kier molecular flexibility index (Phi) is 6.05. The normalized spacial score (nSPS) is 10.6. The maximum atomic E-state index is 12.4. The molecule has 144 valence electrons. The fourth-order valence-electron chi connectivity index (χ4n) is 2.57. The standard InChI is InChI=1S/C19H19N5O3S/c1-13-6-8-17(9-7-13)28-11-10-20-19(25)18-14(2)23(22-21-18)15-4-3-5-16(12-15)24(26)27/h3-9,12H,10-11H2,1-2H3,(H,20,25). The van der Waals surface area contributed by atoms with E-state index in [4.69, 9.17) is 0 Å². The van der Waals surface area contributed by atoms with Gasteiger partial charge in [0.1, 0.15) is 0 Å². The number of amides is 1. The molecule has 1 aromatic heterocycles. The Morgan fingerprint density at radius 2 is 1.96 bits per heavy atom. The molecule has 28 heavy (non-hydrogen) atoms. The number of hydrogen-bond acceptors (Lipinski definition) is 6. The van der Waals surface area contributed by atoms with Crippen LogP contribution in [-0.4, -0.2) is 38.1 Å². The molecule has 1 amide bonds. The van der Waals surface area contributed by atoms with Crippen LogP contribution < -0.4 is 5.32 Å². The Labute approximate surface area is 166 Å². The number of hydrogen-bond donors (Lipinski definition) is 1. The van der Waals surface area contributed by atoms with Crippen molar-refractivity contribution in [2.24, 2.45) is 0 Å². The van der Waals surface area contributed by atoms with Gasteiger partial charge >= 0.3 is 0 Å². The molecule has 0 aliphatic carbocycles. The summed E-state index contributed by atoms with van der Waals surface area (Å²) in [6.07, 6.45) is 0. The van der Waals surface area contributed by atoms with Crippen molar-refractivity contribution in [1.29, 1.82) is 0 Å². The monoisotopic (exact) mass is 397 g/mol. The molecule has 0 spiro atoms. The lowest BCUT2D eigenvalue weighted by Gasteiger charge is -2.05. The molecule has 9 heteroatoms. The minimum Gasteiger partial charge on any atom is -0.350 e. The first-order chi connectivity index (χ1) is 13.5. The highest BCUT2D eigenvalue weighted by Gasteiger charge is 2.18. The molecule has 1 N–H and O–H groups in total. The number of nitrogens with one attached hydrogen (secondary N) is 1. The largest absolute Gasteiger partial charge is 0.350 e. The molecule has 0 aliphatic rings. The van der Waals surface area contributed by atoms with Crippen molar-refractivity contribution in [2.45, 2.75) is 18.7 Å². The van der Waals surface area contributed by atoms with Crippen LogP contribution in [0, 0.1) is 24.0 Å². The number of carbonyl (C=O) groups excluding carboxylic acids is 1. The number of non-ortho nitro benzene ring substituents is 1. The molecule has 0 fully saturated rings. The van der Waals surface area contributed by atoms with Crippen LogP contribution in [0.4, 0.5) is 5.69 Å². The van der Waals surface area contributed by atoms with Crippen LogP contribution in [0.25, 0.3) is 5.69 Å². The van der Waals surface area contributed by atoms with Gasteiger partial charge in [-0.05, 0) is 32.0 Å². The fraction of sp³-hybridized carbons (Fsp3) is 0.211. The van der Waals surface area contributed by atoms with Gasteiger partial charge in [0.15, 0.2) is 5.69 Å². The predicted octanol–water partition coefficient (Wildman–Crippen LogP) is 3.31.